The summed E-state index contributed by atoms with van der Waals surface area (Å²) in [5.41, 5.74) is 2.30. The van der Waals surface area contributed by atoms with Gasteiger partial charge in [-0.1, -0.05) is 22.4 Å². The smallest absolute Gasteiger partial charge is 0.218 e. The quantitative estimate of drug-likeness (QED) is 0.587. The zero-order valence-corrected chi connectivity index (χ0v) is 13.6. The van der Waals surface area contributed by atoms with Crippen molar-refractivity contribution in [3.05, 3.63) is 36.0 Å². The molecular weight excluding hydrogens is 318 g/mol. The molecule has 0 spiro atoms. The monoisotopic (exact) mass is 336 g/mol. The molecule has 2 aliphatic heterocycles. The van der Waals surface area contributed by atoms with Gasteiger partial charge >= 0.3 is 0 Å². The lowest BCUT2D eigenvalue weighted by Crippen LogP contribution is -2.38. The average Bonchev–Trinajstić information content (AvgIpc) is 3.06. The van der Waals surface area contributed by atoms with E-state index >= 15 is 0 Å². The largest absolute Gasteiger partial charge is 0.358 e. The van der Waals surface area contributed by atoms with Gasteiger partial charge in [0, 0.05) is 24.2 Å². The zero-order chi connectivity index (χ0) is 15.3. The van der Waals surface area contributed by atoms with Gasteiger partial charge in [-0.25, -0.2) is 0 Å². The Labute approximate surface area is 135 Å². The molecule has 3 atom stereocenters. The van der Waals surface area contributed by atoms with Crippen LogP contribution >= 0.6 is 12.2 Å². The van der Waals surface area contributed by atoms with Crippen molar-refractivity contribution in [2.75, 3.05) is 18.1 Å². The van der Waals surface area contributed by atoms with Gasteiger partial charge in [-0.05, 0) is 29.7 Å². The summed E-state index contributed by atoms with van der Waals surface area (Å²) in [6, 6.07) is 10.4. The number of hydrogen-bond acceptors (Lipinski definition) is 2. The number of benzene rings is 1. The van der Waals surface area contributed by atoms with Crippen LogP contribution in [0.1, 0.15) is 5.69 Å². The molecule has 2 aromatic rings. The number of aromatic amines is 1. The Morgan fingerprint density at radius 2 is 2.18 bits per heavy atom. The number of rotatable bonds is 3. The fourth-order valence-corrected chi connectivity index (χ4v) is 5.78. The molecule has 22 heavy (non-hydrogen) atoms. The highest BCUT2D eigenvalue weighted by molar-refractivity contribution is 7.98. The highest BCUT2D eigenvalue weighted by Gasteiger charge is 2.53. The molecule has 3 heterocycles. The van der Waals surface area contributed by atoms with Crippen molar-refractivity contribution in [2.24, 2.45) is 0 Å². The van der Waals surface area contributed by atoms with E-state index in [0.29, 0.717) is 16.6 Å². The van der Waals surface area contributed by atoms with E-state index in [9.17, 15) is 8.76 Å². The second-order valence-electron chi connectivity index (χ2n) is 6.05. The molecule has 0 bridgehead atoms. The lowest BCUT2D eigenvalue weighted by Gasteiger charge is -2.21. The minimum absolute atomic E-state index is 0.0210. The van der Waals surface area contributed by atoms with Gasteiger partial charge in [0.05, 0.1) is 0 Å². The Balaban J connectivity index is 1.49. The maximum absolute atomic E-state index is 11.9. The summed E-state index contributed by atoms with van der Waals surface area (Å²) in [6.07, 6.45) is 0.840. The topological polar surface area (TPSA) is 68.4 Å². The highest BCUT2D eigenvalue weighted by Crippen LogP contribution is 2.27. The van der Waals surface area contributed by atoms with Crippen molar-refractivity contribution in [3.8, 4) is 0 Å². The molecule has 0 aliphatic carbocycles. The number of aromatic nitrogens is 1. The molecule has 2 saturated heterocycles. The van der Waals surface area contributed by atoms with Crippen LogP contribution in [-0.4, -0.2) is 49.7 Å². The summed E-state index contributed by atoms with van der Waals surface area (Å²) >= 11 is 5.38. The van der Waals surface area contributed by atoms with E-state index in [1.165, 1.54) is 5.39 Å². The van der Waals surface area contributed by atoms with E-state index in [0.717, 1.165) is 24.2 Å². The first-order chi connectivity index (χ1) is 10.5. The molecular formula is C15H18N3O2S2+. The SMILES string of the molecule is O=[S+]1(O)C[C@@H]2[C@@H](C1)NC(=S)N2CCc1cc2ccccc2[nH]1. The lowest BCUT2D eigenvalue weighted by atomic mass is 10.2. The van der Waals surface area contributed by atoms with Crippen LogP contribution in [0.15, 0.2) is 30.3 Å². The Hall–Kier alpha value is -1.44. The molecule has 1 unspecified atom stereocenters. The van der Waals surface area contributed by atoms with Crippen molar-refractivity contribution >= 4 is 38.4 Å². The van der Waals surface area contributed by atoms with E-state index in [4.69, 9.17) is 12.2 Å². The average molecular weight is 336 g/mol. The third kappa shape index (κ3) is 2.43. The minimum atomic E-state index is -2.69. The molecule has 1 aromatic heterocycles. The van der Waals surface area contributed by atoms with Crippen LogP contribution in [0, 0.1) is 0 Å². The standard InChI is InChI=1S/C15H17N3O2S2/c19-22(20)8-13-14(9-22)18(15(21)17-13)6-5-11-7-10-3-1-2-4-12(10)16-11/h1-4,7,13-14,16H,5-6,8-9H2,(H-,17,19,20,21)/p+1/t13-,14-/m1/s1. The van der Waals surface area contributed by atoms with Crippen molar-refractivity contribution in [1.82, 2.24) is 15.2 Å². The number of hydrogen-bond donors (Lipinski definition) is 3. The maximum atomic E-state index is 11.9. The Morgan fingerprint density at radius 1 is 1.36 bits per heavy atom. The molecule has 3 N–H and O–H groups in total. The molecule has 7 heteroatoms. The fraction of sp³-hybridized carbons (Fsp3) is 0.400. The van der Waals surface area contributed by atoms with Gasteiger partial charge < -0.3 is 15.2 Å². The van der Waals surface area contributed by atoms with Gasteiger partial charge in [-0.15, -0.1) is 0 Å². The van der Waals surface area contributed by atoms with E-state index in [-0.39, 0.29) is 12.1 Å². The molecule has 116 valence electrons. The van der Waals surface area contributed by atoms with Crippen LogP contribution in [0.2, 0.25) is 0 Å². The first kappa shape index (κ1) is 14.2. The molecule has 5 nitrogen and oxygen atoms in total. The maximum Gasteiger partial charge on any atom is 0.218 e. The normalized spacial score (nSPS) is 30.8. The van der Waals surface area contributed by atoms with Crippen LogP contribution in [-0.2, 0) is 20.8 Å². The third-order valence-corrected chi connectivity index (χ3v) is 6.61. The summed E-state index contributed by atoms with van der Waals surface area (Å²) in [4.78, 5) is 5.49. The highest BCUT2D eigenvalue weighted by atomic mass is 32.3. The fourth-order valence-electron chi connectivity index (χ4n) is 3.46. The van der Waals surface area contributed by atoms with Gasteiger partial charge in [-0.2, -0.15) is 4.55 Å². The number of thiocarbonyl (C=S) groups is 1. The second-order valence-corrected chi connectivity index (χ2v) is 8.65. The second kappa shape index (κ2) is 5.04. The predicted octanol–water partition coefficient (Wildman–Crippen LogP) is 1.62. The zero-order valence-electron chi connectivity index (χ0n) is 12.0. The summed E-state index contributed by atoms with van der Waals surface area (Å²) in [6.45, 7) is 0.759. The first-order valence-corrected chi connectivity index (χ1v) is 9.64. The van der Waals surface area contributed by atoms with E-state index in [2.05, 4.69) is 33.4 Å². The minimum Gasteiger partial charge on any atom is -0.358 e. The number of fused-ring (bicyclic) bond motifs is 2. The molecule has 0 saturated carbocycles. The Morgan fingerprint density at radius 3 is 3.00 bits per heavy atom. The van der Waals surface area contributed by atoms with Crippen LogP contribution in [0.25, 0.3) is 10.9 Å². The van der Waals surface area contributed by atoms with E-state index in [1.54, 1.807) is 0 Å². The summed E-state index contributed by atoms with van der Waals surface area (Å²) in [5.74, 6) is 0.623. The molecule has 4 rings (SSSR count). The van der Waals surface area contributed by atoms with E-state index < -0.39 is 10.2 Å². The number of para-hydroxylation sites is 1. The van der Waals surface area contributed by atoms with Gasteiger partial charge in [0.1, 0.15) is 12.1 Å². The Kier molecular flexibility index (Phi) is 3.25. The molecule has 0 radical (unpaired) electrons. The first-order valence-electron chi connectivity index (χ1n) is 7.38. The third-order valence-electron chi connectivity index (χ3n) is 4.51. The number of H-pyrrole nitrogens is 1. The summed E-state index contributed by atoms with van der Waals surface area (Å²) in [5, 5.41) is 5.11. The predicted molar refractivity (Wildman–Crippen MR) is 92.4 cm³/mol. The van der Waals surface area contributed by atoms with Crippen LogP contribution < -0.4 is 5.32 Å². The molecule has 2 fully saturated rings. The van der Waals surface area contributed by atoms with E-state index in [1.807, 2.05) is 12.1 Å². The number of nitrogens with one attached hydrogen (secondary N) is 2. The Bertz CT molecular complexity index is 755. The van der Waals surface area contributed by atoms with Crippen molar-refractivity contribution in [3.63, 3.8) is 0 Å². The summed E-state index contributed by atoms with van der Waals surface area (Å²) in [7, 11) is -2.69. The van der Waals surface area contributed by atoms with Crippen molar-refractivity contribution in [1.29, 1.82) is 0 Å². The molecule has 2 aliphatic rings. The lowest BCUT2D eigenvalue weighted by molar-refractivity contribution is 0.356. The van der Waals surface area contributed by atoms with Crippen LogP contribution in [0.5, 0.6) is 0 Å². The van der Waals surface area contributed by atoms with Gasteiger partial charge in [0.2, 0.25) is 10.2 Å². The van der Waals surface area contributed by atoms with Crippen molar-refractivity contribution in [2.45, 2.75) is 18.5 Å². The molecule has 0 amide bonds. The van der Waals surface area contributed by atoms with Gasteiger partial charge in [-0.3, -0.25) is 0 Å². The van der Waals surface area contributed by atoms with Gasteiger partial charge in [0.15, 0.2) is 16.6 Å². The van der Waals surface area contributed by atoms with Crippen LogP contribution in [0.3, 0.4) is 0 Å². The van der Waals surface area contributed by atoms with Crippen LogP contribution in [0.4, 0.5) is 0 Å². The van der Waals surface area contributed by atoms with Gasteiger partial charge in [0.25, 0.3) is 0 Å². The molecule has 1 aromatic carbocycles. The number of nitrogens with zero attached hydrogens (tertiary/aromatic N) is 1. The summed E-state index contributed by atoms with van der Waals surface area (Å²) < 4.78 is 21.7. The van der Waals surface area contributed by atoms with Crippen molar-refractivity contribution < 1.29 is 8.76 Å².